The first-order valence-corrected chi connectivity index (χ1v) is 15.5. The number of aryl methyl sites for hydroxylation is 2. The summed E-state index contributed by atoms with van der Waals surface area (Å²) in [6.07, 6.45) is 21.8. The predicted molar refractivity (Wildman–Crippen MR) is 174 cm³/mol. The number of terminal acetylenes is 1. The molecule has 2 aromatic heterocycles. The van der Waals surface area contributed by atoms with Gasteiger partial charge in [-0.3, -0.25) is 14.6 Å². The Morgan fingerprint density at radius 3 is 2.33 bits per heavy atom. The van der Waals surface area contributed by atoms with Crippen molar-refractivity contribution in [3.8, 4) is 24.2 Å². The second-order valence-corrected chi connectivity index (χ2v) is 10.8. The number of carbonyl (C=O) groups excluding carboxylic acids is 2. The molecule has 1 saturated heterocycles. The summed E-state index contributed by atoms with van der Waals surface area (Å²) in [5.41, 5.74) is 6.94. The smallest absolute Gasteiger partial charge is 0.204 e. The third-order valence-electron chi connectivity index (χ3n) is 7.73. The van der Waals surface area contributed by atoms with Crippen LogP contribution in [0, 0.1) is 31.0 Å². The van der Waals surface area contributed by atoms with Crippen LogP contribution in [0.5, 0.6) is 0 Å². The van der Waals surface area contributed by atoms with Gasteiger partial charge in [0.2, 0.25) is 6.41 Å². The Kier molecular flexibility index (Phi) is 17.7. The topological polar surface area (TPSA) is 102 Å². The van der Waals surface area contributed by atoms with E-state index in [1.807, 2.05) is 39.8 Å². The van der Waals surface area contributed by atoms with Crippen molar-refractivity contribution in [2.24, 2.45) is 11.1 Å². The molecule has 1 aromatic carbocycles. The van der Waals surface area contributed by atoms with Gasteiger partial charge < -0.3 is 15.1 Å². The number of likely N-dealkylation sites (tertiary alicyclic amines) is 1. The van der Waals surface area contributed by atoms with Crippen molar-refractivity contribution in [1.29, 1.82) is 0 Å². The Morgan fingerprint density at radius 1 is 1.09 bits per heavy atom. The monoisotopic (exact) mass is 594 g/mol. The summed E-state index contributed by atoms with van der Waals surface area (Å²) >= 11 is 0. The van der Waals surface area contributed by atoms with Gasteiger partial charge in [-0.15, -0.1) is 12.8 Å². The number of amides is 1. The molecule has 7 nitrogen and oxygen atoms in total. The van der Waals surface area contributed by atoms with Crippen molar-refractivity contribution in [1.82, 2.24) is 14.9 Å². The number of oxazole rings is 1. The van der Waals surface area contributed by atoms with Crippen LogP contribution >= 0.6 is 0 Å². The van der Waals surface area contributed by atoms with E-state index in [0.29, 0.717) is 41.4 Å². The Hall–Kier alpha value is -3.57. The Balaban J connectivity index is 0.000000474. The number of halogens is 1. The van der Waals surface area contributed by atoms with Crippen LogP contribution in [0.4, 0.5) is 4.39 Å². The van der Waals surface area contributed by atoms with Crippen LogP contribution in [0.15, 0.2) is 34.9 Å². The Labute approximate surface area is 257 Å². The van der Waals surface area contributed by atoms with Gasteiger partial charge >= 0.3 is 0 Å². The number of nitrogens with two attached hydrogens (primary N) is 1. The van der Waals surface area contributed by atoms with Gasteiger partial charge in [0.15, 0.2) is 11.7 Å². The molecule has 3 heterocycles. The third-order valence-corrected chi connectivity index (χ3v) is 7.73. The fraction of sp³-hybridized carbons (Fsp3) is 0.543. The summed E-state index contributed by atoms with van der Waals surface area (Å²) in [5.74, 6) is 1.04. The third kappa shape index (κ3) is 13.1. The number of pyridine rings is 1. The number of ketones is 1. The number of aromatic nitrogens is 2. The van der Waals surface area contributed by atoms with E-state index >= 15 is 0 Å². The number of carbonyl (C=O) groups is 2. The van der Waals surface area contributed by atoms with Crippen LogP contribution in [0.25, 0.3) is 22.2 Å². The van der Waals surface area contributed by atoms with Gasteiger partial charge in [0.05, 0.1) is 17.3 Å². The summed E-state index contributed by atoms with van der Waals surface area (Å²) in [6, 6.07) is 7.04. The largest absolute Gasteiger partial charge is 0.441 e. The van der Waals surface area contributed by atoms with E-state index in [0.717, 1.165) is 48.6 Å². The second kappa shape index (κ2) is 20.4. The molecule has 236 valence electrons. The molecule has 1 spiro atoms. The molecule has 1 aliphatic heterocycles. The number of fused-ring (bicyclic) bond motifs is 1. The Bertz CT molecular complexity index is 1260. The van der Waals surface area contributed by atoms with Crippen molar-refractivity contribution >= 4 is 23.1 Å². The molecular weight excluding hydrogens is 543 g/mol. The van der Waals surface area contributed by atoms with E-state index in [2.05, 4.69) is 40.5 Å². The molecule has 2 aliphatic rings. The Morgan fingerprint density at radius 2 is 1.72 bits per heavy atom. The first-order chi connectivity index (χ1) is 20.8. The standard InChI is InChI=1S/C22H25FN2O2.C8H15N.C2H6.C2H2.CH3NO/c1-3-17(26)8-6-4-5-7-9-22-24-14-21(27-22)18-12-16-11-10-15(2)25-20(16)13-19(18)23;1-9-6-4-8(2-3-8)5-7-9;2*1-2;2-1-3/h10-14H,3-9H2,1-2H3;2-7H2,1H3;1-2H3;1-2H;1H,(H2,2,3). The molecule has 1 saturated carbocycles. The summed E-state index contributed by atoms with van der Waals surface area (Å²) in [7, 11) is 2.23. The number of unbranched alkanes of at least 4 members (excludes halogenated alkanes) is 3. The van der Waals surface area contributed by atoms with Crippen molar-refractivity contribution in [3.63, 3.8) is 0 Å². The zero-order chi connectivity index (χ0) is 32.3. The summed E-state index contributed by atoms with van der Waals surface area (Å²) in [5, 5.41) is 0.872. The molecule has 0 unspecified atom stereocenters. The minimum absolute atomic E-state index is 0.250. The molecule has 0 atom stereocenters. The van der Waals surface area contributed by atoms with E-state index in [-0.39, 0.29) is 12.2 Å². The van der Waals surface area contributed by atoms with Crippen LogP contribution in [0.3, 0.4) is 0 Å². The molecule has 0 bridgehead atoms. The van der Waals surface area contributed by atoms with E-state index in [1.54, 1.807) is 12.3 Å². The molecule has 0 radical (unpaired) electrons. The number of primary amides is 1. The minimum Gasteiger partial charge on any atom is -0.441 e. The van der Waals surface area contributed by atoms with Crippen LogP contribution in [-0.4, -0.2) is 47.2 Å². The van der Waals surface area contributed by atoms with Crippen LogP contribution in [0.2, 0.25) is 0 Å². The normalized spacial score (nSPS) is 14.4. The molecule has 3 aromatic rings. The zero-order valence-corrected chi connectivity index (χ0v) is 26.8. The first kappa shape index (κ1) is 37.5. The highest BCUT2D eigenvalue weighted by atomic mass is 19.1. The van der Waals surface area contributed by atoms with E-state index in [4.69, 9.17) is 9.21 Å². The molecular formula is C35H51FN4O3. The lowest BCUT2D eigenvalue weighted by molar-refractivity contribution is -0.118. The fourth-order valence-electron chi connectivity index (χ4n) is 4.89. The quantitative estimate of drug-likeness (QED) is 0.155. The van der Waals surface area contributed by atoms with Crippen molar-refractivity contribution in [2.45, 2.75) is 98.3 Å². The van der Waals surface area contributed by atoms with Crippen LogP contribution in [-0.2, 0) is 16.0 Å². The van der Waals surface area contributed by atoms with Crippen LogP contribution < -0.4 is 5.73 Å². The second-order valence-electron chi connectivity index (χ2n) is 10.8. The number of rotatable bonds is 9. The number of benzene rings is 1. The average molecular weight is 595 g/mol. The fourth-order valence-corrected chi connectivity index (χ4v) is 4.89. The van der Waals surface area contributed by atoms with Gasteiger partial charge in [-0.1, -0.05) is 39.7 Å². The van der Waals surface area contributed by atoms with Gasteiger partial charge in [-0.05, 0) is 83.1 Å². The maximum absolute atomic E-state index is 14.5. The number of Topliss-reactive ketones (excluding diaryl/α,β-unsaturated/α-hetero) is 1. The van der Waals surface area contributed by atoms with E-state index < -0.39 is 0 Å². The number of hydrogen-bond donors (Lipinski definition) is 1. The predicted octanol–water partition coefficient (Wildman–Crippen LogP) is 7.68. The molecule has 1 amide bonds. The highest BCUT2D eigenvalue weighted by molar-refractivity contribution is 5.84. The van der Waals surface area contributed by atoms with E-state index in [1.165, 1.54) is 44.8 Å². The minimum atomic E-state index is -0.358. The SMILES string of the molecule is C#C.CC.CCC(=O)CCCCCCc1ncc(-c2cc3ccc(C)nc3cc2F)o1.CN1CCC2(CC1)CC2.NC=O. The lowest BCUT2D eigenvalue weighted by atomic mass is 9.94. The van der Waals surface area contributed by atoms with Gasteiger partial charge in [0.25, 0.3) is 0 Å². The lowest BCUT2D eigenvalue weighted by Gasteiger charge is -2.28. The van der Waals surface area contributed by atoms with E-state index in [9.17, 15) is 9.18 Å². The highest BCUT2D eigenvalue weighted by Gasteiger charge is 2.43. The van der Waals surface area contributed by atoms with Crippen LogP contribution in [0.1, 0.15) is 96.6 Å². The van der Waals surface area contributed by atoms with Gasteiger partial charge in [0.1, 0.15) is 11.6 Å². The lowest BCUT2D eigenvalue weighted by Crippen LogP contribution is -2.30. The maximum atomic E-state index is 14.5. The molecule has 1 aliphatic carbocycles. The molecule has 8 heteroatoms. The number of nitrogens with zero attached hydrogens (tertiary/aromatic N) is 3. The molecule has 2 N–H and O–H groups in total. The summed E-state index contributed by atoms with van der Waals surface area (Å²) in [6.45, 7) is 10.5. The van der Waals surface area contributed by atoms with Crippen molar-refractivity contribution in [3.05, 3.63) is 47.9 Å². The van der Waals surface area contributed by atoms with Gasteiger partial charge in [0, 0.05) is 36.4 Å². The number of hydrogen-bond acceptors (Lipinski definition) is 6. The van der Waals surface area contributed by atoms with Crippen molar-refractivity contribution < 1.29 is 18.4 Å². The highest BCUT2D eigenvalue weighted by Crippen LogP contribution is 2.53. The summed E-state index contributed by atoms with van der Waals surface area (Å²) in [4.78, 5) is 30.9. The van der Waals surface area contributed by atoms with Gasteiger partial charge in [-0.25, -0.2) is 9.37 Å². The maximum Gasteiger partial charge on any atom is 0.204 e. The molecule has 43 heavy (non-hydrogen) atoms. The molecule has 5 rings (SSSR count). The summed E-state index contributed by atoms with van der Waals surface area (Å²) < 4.78 is 20.2. The van der Waals surface area contributed by atoms with Crippen molar-refractivity contribution in [2.75, 3.05) is 20.1 Å². The number of piperidine rings is 1. The molecule has 2 fully saturated rings. The first-order valence-electron chi connectivity index (χ1n) is 15.5. The average Bonchev–Trinajstić information content (AvgIpc) is 3.62. The van der Waals surface area contributed by atoms with Gasteiger partial charge in [-0.2, -0.15) is 0 Å². The zero-order valence-electron chi connectivity index (χ0n) is 26.8.